The Bertz CT molecular complexity index is 1000. The van der Waals surface area contributed by atoms with Gasteiger partial charge in [0.25, 0.3) is 11.9 Å². The molecule has 30 heavy (non-hydrogen) atoms. The zero-order chi connectivity index (χ0) is 21.6. The standard InChI is InChI=1S/C21H28N6O3/c1-11-17-15(8-21(2,3)9-16(17)29)27(26-11)20-23-10-14(18(22)30)19(25-20)24-12-4-6-13(28)7-5-12/h10,12-13,28H,4-9H2,1-3H3,(H2,22,30)(H,23,24,25). The first-order chi connectivity index (χ1) is 14.1. The van der Waals surface area contributed by atoms with Gasteiger partial charge in [-0.05, 0) is 44.4 Å². The largest absolute Gasteiger partial charge is 0.393 e. The molecule has 0 spiro atoms. The lowest BCUT2D eigenvalue weighted by Gasteiger charge is -2.29. The number of aliphatic hydroxyl groups excluding tert-OH is 1. The van der Waals surface area contributed by atoms with Crippen molar-refractivity contribution >= 4 is 17.5 Å². The summed E-state index contributed by atoms with van der Waals surface area (Å²) in [6.45, 7) is 5.93. The van der Waals surface area contributed by atoms with Crippen molar-refractivity contribution in [3.05, 3.63) is 28.7 Å². The zero-order valence-electron chi connectivity index (χ0n) is 17.6. The van der Waals surface area contributed by atoms with Crippen molar-refractivity contribution in [2.45, 2.75) is 71.4 Å². The summed E-state index contributed by atoms with van der Waals surface area (Å²) in [5, 5.41) is 17.6. The number of primary amides is 1. The van der Waals surface area contributed by atoms with Crippen LogP contribution in [0.3, 0.4) is 0 Å². The second kappa shape index (κ2) is 7.46. The van der Waals surface area contributed by atoms with Gasteiger partial charge in [-0.25, -0.2) is 9.67 Å². The Balaban J connectivity index is 1.73. The molecule has 4 N–H and O–H groups in total. The maximum absolute atomic E-state index is 12.7. The molecule has 1 amide bonds. The number of aromatic nitrogens is 4. The van der Waals surface area contributed by atoms with Crippen molar-refractivity contribution in [2.75, 3.05) is 5.32 Å². The van der Waals surface area contributed by atoms with Crippen LogP contribution in [0.4, 0.5) is 5.82 Å². The molecule has 0 saturated heterocycles. The van der Waals surface area contributed by atoms with E-state index in [9.17, 15) is 14.7 Å². The summed E-state index contributed by atoms with van der Waals surface area (Å²) in [4.78, 5) is 33.5. The van der Waals surface area contributed by atoms with Gasteiger partial charge in [-0.2, -0.15) is 10.1 Å². The van der Waals surface area contributed by atoms with Gasteiger partial charge in [0.05, 0.1) is 28.6 Å². The van der Waals surface area contributed by atoms with E-state index in [0.717, 1.165) is 18.5 Å². The molecular weight excluding hydrogens is 384 g/mol. The molecule has 0 unspecified atom stereocenters. The number of anilines is 1. The average Bonchev–Trinajstić information content (AvgIpc) is 2.98. The molecule has 2 aliphatic rings. The molecule has 2 heterocycles. The maximum atomic E-state index is 12.7. The van der Waals surface area contributed by atoms with Crippen LogP contribution in [-0.4, -0.2) is 48.7 Å². The first-order valence-corrected chi connectivity index (χ1v) is 10.4. The third-order valence-electron chi connectivity index (χ3n) is 5.99. The molecule has 0 radical (unpaired) electrons. The third-order valence-corrected chi connectivity index (χ3v) is 5.99. The van der Waals surface area contributed by atoms with Crippen LogP contribution >= 0.6 is 0 Å². The number of Topliss-reactive ketones (excluding diaryl/α,β-unsaturated/α-hetero) is 1. The number of amides is 1. The highest BCUT2D eigenvalue weighted by Gasteiger charge is 2.36. The number of carbonyl (C=O) groups is 2. The smallest absolute Gasteiger partial charge is 0.254 e. The summed E-state index contributed by atoms with van der Waals surface area (Å²) in [6.07, 6.45) is 5.24. The average molecular weight is 412 g/mol. The quantitative estimate of drug-likeness (QED) is 0.698. The molecule has 160 valence electrons. The number of nitrogens with one attached hydrogen (secondary N) is 1. The second-order valence-corrected chi connectivity index (χ2v) is 9.21. The molecule has 0 bridgehead atoms. The van der Waals surface area contributed by atoms with Gasteiger partial charge in [0, 0.05) is 18.7 Å². The number of carbonyl (C=O) groups excluding carboxylic acids is 2. The van der Waals surface area contributed by atoms with Gasteiger partial charge < -0.3 is 16.2 Å². The minimum Gasteiger partial charge on any atom is -0.393 e. The monoisotopic (exact) mass is 412 g/mol. The van der Waals surface area contributed by atoms with Crippen molar-refractivity contribution in [1.82, 2.24) is 19.7 Å². The fourth-order valence-electron chi connectivity index (χ4n) is 4.48. The fourth-order valence-corrected chi connectivity index (χ4v) is 4.48. The van der Waals surface area contributed by atoms with Crippen LogP contribution in [0.1, 0.15) is 78.1 Å². The number of nitrogens with two attached hydrogens (primary N) is 1. The molecule has 0 aromatic carbocycles. The van der Waals surface area contributed by atoms with Crippen molar-refractivity contribution in [1.29, 1.82) is 0 Å². The van der Waals surface area contributed by atoms with Crippen molar-refractivity contribution in [3.8, 4) is 5.95 Å². The highest BCUT2D eigenvalue weighted by Crippen LogP contribution is 2.36. The van der Waals surface area contributed by atoms with E-state index in [1.165, 1.54) is 6.20 Å². The number of aliphatic hydroxyl groups is 1. The summed E-state index contributed by atoms with van der Waals surface area (Å²) >= 11 is 0. The number of fused-ring (bicyclic) bond motifs is 1. The van der Waals surface area contributed by atoms with Crippen LogP contribution in [0.15, 0.2) is 6.20 Å². The Morgan fingerprint density at radius 3 is 2.63 bits per heavy atom. The van der Waals surface area contributed by atoms with Crippen LogP contribution in [0, 0.1) is 12.3 Å². The van der Waals surface area contributed by atoms with E-state index in [0.29, 0.717) is 48.7 Å². The predicted molar refractivity (Wildman–Crippen MR) is 111 cm³/mol. The summed E-state index contributed by atoms with van der Waals surface area (Å²) < 4.78 is 1.62. The van der Waals surface area contributed by atoms with Gasteiger partial charge in [0.15, 0.2) is 5.78 Å². The molecule has 2 aromatic heterocycles. The highest BCUT2D eigenvalue weighted by atomic mass is 16.3. The number of nitrogens with zero attached hydrogens (tertiary/aromatic N) is 4. The second-order valence-electron chi connectivity index (χ2n) is 9.21. The first kappa shape index (κ1) is 20.5. The van der Waals surface area contributed by atoms with Crippen LogP contribution in [0.5, 0.6) is 0 Å². The Hall–Kier alpha value is -2.81. The number of hydrogen-bond donors (Lipinski definition) is 3. The molecule has 0 aliphatic heterocycles. The lowest BCUT2D eigenvalue weighted by Crippen LogP contribution is -2.30. The topological polar surface area (TPSA) is 136 Å². The first-order valence-electron chi connectivity index (χ1n) is 10.4. The van der Waals surface area contributed by atoms with Gasteiger partial charge >= 0.3 is 0 Å². The Labute approximate surface area is 175 Å². The molecule has 1 fully saturated rings. The normalized spacial score (nSPS) is 23.1. The lowest BCUT2D eigenvalue weighted by atomic mass is 9.75. The molecule has 2 aromatic rings. The van der Waals surface area contributed by atoms with Crippen LogP contribution in [0.25, 0.3) is 5.95 Å². The maximum Gasteiger partial charge on any atom is 0.254 e. The van der Waals surface area contributed by atoms with Gasteiger partial charge in [-0.1, -0.05) is 13.8 Å². The van der Waals surface area contributed by atoms with E-state index >= 15 is 0 Å². The van der Waals surface area contributed by atoms with Crippen molar-refractivity contribution < 1.29 is 14.7 Å². The van der Waals surface area contributed by atoms with E-state index in [2.05, 4.69) is 34.2 Å². The van der Waals surface area contributed by atoms with Crippen LogP contribution < -0.4 is 11.1 Å². The molecule has 0 atom stereocenters. The van der Waals surface area contributed by atoms with Crippen LogP contribution in [0.2, 0.25) is 0 Å². The minimum atomic E-state index is -0.616. The highest BCUT2D eigenvalue weighted by molar-refractivity contribution is 6.00. The molecule has 9 nitrogen and oxygen atoms in total. The molecule has 4 rings (SSSR count). The SMILES string of the molecule is Cc1nn(-c2ncc(C(N)=O)c(NC3CCC(O)CC3)n2)c2c1C(=O)CC(C)(C)C2. The zero-order valence-corrected chi connectivity index (χ0v) is 17.6. The number of rotatable bonds is 4. The van der Waals surface area contributed by atoms with E-state index in [-0.39, 0.29) is 28.9 Å². The lowest BCUT2D eigenvalue weighted by molar-refractivity contribution is 0.0909. The Morgan fingerprint density at radius 1 is 1.27 bits per heavy atom. The minimum absolute atomic E-state index is 0.0814. The molecular formula is C21H28N6O3. The predicted octanol–water partition coefficient (Wildman–Crippen LogP) is 1.94. The molecule has 2 aliphatic carbocycles. The fraction of sp³-hybridized carbons (Fsp3) is 0.571. The molecule has 1 saturated carbocycles. The number of ketones is 1. The van der Waals surface area contributed by atoms with E-state index in [1.54, 1.807) is 4.68 Å². The van der Waals surface area contributed by atoms with E-state index in [1.807, 2.05) is 6.92 Å². The number of hydrogen-bond acceptors (Lipinski definition) is 7. The van der Waals surface area contributed by atoms with Gasteiger partial charge in [-0.3, -0.25) is 9.59 Å². The van der Waals surface area contributed by atoms with Gasteiger partial charge in [0.1, 0.15) is 5.82 Å². The number of aryl methyl sites for hydroxylation is 1. The third kappa shape index (κ3) is 3.81. The van der Waals surface area contributed by atoms with E-state index < -0.39 is 5.91 Å². The summed E-state index contributed by atoms with van der Waals surface area (Å²) in [5.41, 5.74) is 7.67. The summed E-state index contributed by atoms with van der Waals surface area (Å²) in [5.74, 6) is 0.123. The van der Waals surface area contributed by atoms with Gasteiger partial charge in [0.2, 0.25) is 0 Å². The Morgan fingerprint density at radius 2 is 1.97 bits per heavy atom. The summed E-state index contributed by atoms with van der Waals surface area (Å²) in [6, 6.07) is 0.0861. The van der Waals surface area contributed by atoms with Crippen molar-refractivity contribution in [3.63, 3.8) is 0 Å². The van der Waals surface area contributed by atoms with E-state index in [4.69, 9.17) is 5.73 Å². The summed E-state index contributed by atoms with van der Waals surface area (Å²) in [7, 11) is 0. The van der Waals surface area contributed by atoms with Crippen LogP contribution in [-0.2, 0) is 6.42 Å². The van der Waals surface area contributed by atoms with Crippen molar-refractivity contribution in [2.24, 2.45) is 11.1 Å². The van der Waals surface area contributed by atoms with Gasteiger partial charge in [-0.15, -0.1) is 0 Å². The Kier molecular flexibility index (Phi) is 5.09. The molecule has 9 heteroatoms.